The van der Waals surface area contributed by atoms with Crippen molar-refractivity contribution >= 4 is 62.7 Å². The molecule has 2 rings (SSSR count). The molecule has 0 aliphatic carbocycles. The summed E-state index contributed by atoms with van der Waals surface area (Å²) in [4.78, 5) is 69.0. The Bertz CT molecular complexity index is 1300. The fraction of sp³-hybridized carbons (Fsp3) is 0.600. The third-order valence-electron chi connectivity index (χ3n) is 7.21. The van der Waals surface area contributed by atoms with Crippen LogP contribution in [0.2, 0.25) is 5.02 Å². The number of carbonyl (C=O) groups is 5. The largest absolute Gasteiger partial charge is 0.368 e. The van der Waals surface area contributed by atoms with Crippen molar-refractivity contribution in [2.24, 2.45) is 23.3 Å². The van der Waals surface area contributed by atoms with Gasteiger partial charge < -0.3 is 32.7 Å². The van der Waals surface area contributed by atoms with Crippen LogP contribution in [0.5, 0.6) is 0 Å². The summed E-state index contributed by atoms with van der Waals surface area (Å²) in [5.74, 6) is -2.95. The number of carbonyl (C=O) groups excluding carboxylic acids is 5. The first-order chi connectivity index (χ1) is 20.7. The van der Waals surface area contributed by atoms with Crippen LogP contribution in [0.15, 0.2) is 18.2 Å². The second-order valence-corrected chi connectivity index (χ2v) is 13.0. The summed E-state index contributed by atoms with van der Waals surface area (Å²) in [6.45, 7) is 9.22. The molecule has 0 unspecified atom stereocenters. The number of unbranched alkanes of at least 4 members (excludes halogenated alkanes) is 1. The van der Waals surface area contributed by atoms with Crippen LogP contribution in [0.3, 0.4) is 0 Å². The maximum atomic E-state index is 13.6. The fourth-order valence-electron chi connectivity index (χ4n) is 4.63. The van der Waals surface area contributed by atoms with Crippen molar-refractivity contribution in [3.8, 4) is 0 Å². The highest BCUT2D eigenvalue weighted by atomic mass is 35.5. The molecule has 8 N–H and O–H groups in total. The molecule has 0 fully saturated rings. The molecule has 0 aliphatic rings. The molecule has 1 heterocycles. The van der Waals surface area contributed by atoms with Gasteiger partial charge in [-0.25, -0.2) is 4.98 Å². The van der Waals surface area contributed by atoms with Gasteiger partial charge in [-0.15, -0.1) is 11.3 Å². The number of amides is 5. The third-order valence-corrected chi connectivity index (χ3v) is 8.48. The van der Waals surface area contributed by atoms with Gasteiger partial charge >= 0.3 is 0 Å². The smallest absolute Gasteiger partial charge is 0.243 e. The van der Waals surface area contributed by atoms with E-state index in [9.17, 15) is 24.0 Å². The highest BCUT2D eigenvalue weighted by molar-refractivity contribution is 7.18. The van der Waals surface area contributed by atoms with Crippen LogP contribution < -0.4 is 32.7 Å². The molecular weight excluding hydrogens is 606 g/mol. The number of benzene rings is 1. The molecule has 0 spiro atoms. The van der Waals surface area contributed by atoms with Crippen molar-refractivity contribution in [3.63, 3.8) is 0 Å². The van der Waals surface area contributed by atoms with E-state index in [0.29, 0.717) is 42.3 Å². The monoisotopic (exact) mass is 651 g/mol. The first kappa shape index (κ1) is 36.9. The minimum Gasteiger partial charge on any atom is -0.368 e. The van der Waals surface area contributed by atoms with E-state index in [4.69, 9.17) is 23.1 Å². The molecule has 0 bridgehead atoms. The molecule has 5 amide bonds. The molecule has 1 aromatic heterocycles. The van der Waals surface area contributed by atoms with Crippen molar-refractivity contribution in [2.45, 2.75) is 97.3 Å². The lowest BCUT2D eigenvalue weighted by atomic mass is 9.96. The van der Waals surface area contributed by atoms with Gasteiger partial charge in [-0.3, -0.25) is 24.0 Å². The number of rotatable bonds is 18. The standard InChI is InChI=1S/C30H46ClN7O5S/c1-6-17(4)26(30(43)36-21(9-7-8-12-32)28(41)37-22(27(33)40)13-16(2)3)38-29(42)23(34-18(5)39)15-25-35-20-11-10-19(31)14-24(20)44-25/h10-11,14,16-17,21-23,26H,6-9,12-13,15,32H2,1-5H3,(H2,33,40)(H,34,39)(H,36,43)(H,37,41)(H,38,42)/t17-,21-,22-,23-,26-/m0/s1. The van der Waals surface area contributed by atoms with Gasteiger partial charge in [-0.2, -0.15) is 0 Å². The Morgan fingerprint density at radius 3 is 2.18 bits per heavy atom. The lowest BCUT2D eigenvalue weighted by Crippen LogP contribution is -2.59. The van der Waals surface area contributed by atoms with Gasteiger partial charge in [0, 0.05) is 18.4 Å². The van der Waals surface area contributed by atoms with Gasteiger partial charge in [0.1, 0.15) is 24.2 Å². The van der Waals surface area contributed by atoms with Gasteiger partial charge in [0.2, 0.25) is 29.5 Å². The van der Waals surface area contributed by atoms with Crippen LogP contribution in [0, 0.1) is 11.8 Å². The summed E-state index contributed by atoms with van der Waals surface area (Å²) in [6.07, 6.45) is 2.46. The topological polar surface area (TPSA) is 198 Å². The van der Waals surface area contributed by atoms with Crippen molar-refractivity contribution in [3.05, 3.63) is 28.2 Å². The first-order valence-electron chi connectivity index (χ1n) is 15.0. The lowest BCUT2D eigenvalue weighted by molar-refractivity contribution is -0.135. The number of nitrogens with two attached hydrogens (primary N) is 2. The molecule has 14 heteroatoms. The predicted molar refractivity (Wildman–Crippen MR) is 173 cm³/mol. The van der Waals surface area contributed by atoms with E-state index in [-0.39, 0.29) is 24.7 Å². The highest BCUT2D eigenvalue weighted by Crippen LogP contribution is 2.26. The van der Waals surface area contributed by atoms with E-state index >= 15 is 0 Å². The van der Waals surface area contributed by atoms with E-state index in [1.165, 1.54) is 18.3 Å². The fourth-order valence-corrected chi connectivity index (χ4v) is 5.92. The molecule has 0 radical (unpaired) electrons. The lowest BCUT2D eigenvalue weighted by Gasteiger charge is -2.29. The Morgan fingerprint density at radius 2 is 1.59 bits per heavy atom. The third kappa shape index (κ3) is 11.7. The number of fused-ring (bicyclic) bond motifs is 1. The average molecular weight is 652 g/mol. The van der Waals surface area contributed by atoms with Crippen molar-refractivity contribution in [1.82, 2.24) is 26.3 Å². The van der Waals surface area contributed by atoms with Gasteiger partial charge in [0.15, 0.2) is 0 Å². The molecular formula is C30H46ClN7O5S. The molecule has 0 aliphatic heterocycles. The maximum Gasteiger partial charge on any atom is 0.243 e. The van der Waals surface area contributed by atoms with Crippen molar-refractivity contribution < 1.29 is 24.0 Å². The second kappa shape index (κ2) is 17.9. The molecule has 12 nitrogen and oxygen atoms in total. The van der Waals surface area contributed by atoms with Crippen LogP contribution >= 0.6 is 22.9 Å². The Kier molecular flexibility index (Phi) is 15.0. The summed E-state index contributed by atoms with van der Waals surface area (Å²) in [5.41, 5.74) is 11.9. The quantitative estimate of drug-likeness (QED) is 0.133. The second-order valence-electron chi connectivity index (χ2n) is 11.5. The minimum absolute atomic E-state index is 0.0974. The number of hydrogen-bond acceptors (Lipinski definition) is 8. The number of hydrogen-bond donors (Lipinski definition) is 6. The maximum absolute atomic E-state index is 13.6. The zero-order valence-electron chi connectivity index (χ0n) is 26.1. The van der Waals surface area contributed by atoms with Crippen LogP contribution in [0.1, 0.15) is 71.7 Å². The molecule has 244 valence electrons. The summed E-state index contributed by atoms with van der Waals surface area (Å²) in [7, 11) is 0. The number of nitrogens with zero attached hydrogens (tertiary/aromatic N) is 1. The molecule has 2 aromatic rings. The summed E-state index contributed by atoms with van der Waals surface area (Å²) < 4.78 is 0.845. The molecule has 1 aromatic carbocycles. The summed E-state index contributed by atoms with van der Waals surface area (Å²) in [6, 6.07) is 1.41. The average Bonchev–Trinajstić information content (AvgIpc) is 3.34. The van der Waals surface area contributed by atoms with E-state index < -0.39 is 53.7 Å². The zero-order chi connectivity index (χ0) is 33.0. The van der Waals surface area contributed by atoms with E-state index in [1.807, 2.05) is 27.7 Å². The van der Waals surface area contributed by atoms with Crippen LogP contribution in [-0.4, -0.2) is 65.2 Å². The Labute approximate surface area is 267 Å². The highest BCUT2D eigenvalue weighted by Gasteiger charge is 2.33. The van der Waals surface area contributed by atoms with Crippen LogP contribution in [0.4, 0.5) is 0 Å². The Morgan fingerprint density at radius 1 is 0.932 bits per heavy atom. The Balaban J connectivity index is 2.26. The minimum atomic E-state index is -1.01. The number of primary amides is 1. The molecule has 0 saturated heterocycles. The van der Waals surface area contributed by atoms with E-state index in [2.05, 4.69) is 26.3 Å². The molecule has 5 atom stereocenters. The normalized spacial score (nSPS) is 14.7. The number of nitrogens with one attached hydrogen (secondary N) is 4. The predicted octanol–water partition coefficient (Wildman–Crippen LogP) is 2.16. The molecule has 44 heavy (non-hydrogen) atoms. The number of thiazole rings is 1. The van der Waals surface area contributed by atoms with Gasteiger partial charge in [-0.05, 0) is 62.3 Å². The van der Waals surface area contributed by atoms with Crippen molar-refractivity contribution in [1.29, 1.82) is 0 Å². The van der Waals surface area contributed by atoms with Gasteiger partial charge in [-0.1, -0.05) is 45.7 Å². The zero-order valence-corrected chi connectivity index (χ0v) is 27.6. The van der Waals surface area contributed by atoms with Gasteiger partial charge in [0.25, 0.3) is 0 Å². The van der Waals surface area contributed by atoms with E-state index in [0.717, 1.165) is 10.2 Å². The SMILES string of the molecule is CC[C@H](C)[C@H](NC(=O)[C@H](Cc1nc2ccc(Cl)cc2s1)NC(C)=O)C(=O)N[C@@H](CCCCN)C(=O)N[C@@H](CC(C)C)C(N)=O. The van der Waals surface area contributed by atoms with E-state index in [1.54, 1.807) is 18.2 Å². The summed E-state index contributed by atoms with van der Waals surface area (Å²) >= 11 is 7.46. The van der Waals surface area contributed by atoms with Gasteiger partial charge in [0.05, 0.1) is 15.2 Å². The number of halogens is 1. The van der Waals surface area contributed by atoms with Crippen molar-refractivity contribution in [2.75, 3.05) is 6.54 Å². The number of aromatic nitrogens is 1. The van der Waals surface area contributed by atoms with Crippen LogP contribution in [-0.2, 0) is 30.4 Å². The molecule has 0 saturated carbocycles. The Hall–Kier alpha value is -3.29. The van der Waals surface area contributed by atoms with Crippen LogP contribution in [0.25, 0.3) is 10.2 Å². The summed E-state index contributed by atoms with van der Waals surface area (Å²) in [5, 5.41) is 12.1. The first-order valence-corrected chi connectivity index (χ1v) is 16.2.